The number of hydrogen-bond acceptors (Lipinski definition) is 5. The van der Waals surface area contributed by atoms with Gasteiger partial charge in [-0.25, -0.2) is 12.8 Å². The maximum Gasteiger partial charge on any atom is 0.264 e. The summed E-state index contributed by atoms with van der Waals surface area (Å²) in [5, 5.41) is 2.83. The smallest absolute Gasteiger partial charge is 0.264 e. The van der Waals surface area contributed by atoms with Gasteiger partial charge in [-0.05, 0) is 74.4 Å². The molecule has 40 heavy (non-hydrogen) atoms. The molecule has 0 saturated heterocycles. The molecule has 3 aromatic rings. The van der Waals surface area contributed by atoms with Crippen LogP contribution in [0.5, 0.6) is 5.75 Å². The number of nitrogens with one attached hydrogen (secondary N) is 1. The Labute approximate surface area is 235 Å². The van der Waals surface area contributed by atoms with E-state index in [2.05, 4.69) is 5.32 Å². The van der Waals surface area contributed by atoms with Gasteiger partial charge in [0.05, 0.1) is 17.7 Å². The van der Waals surface area contributed by atoms with Gasteiger partial charge in [0.2, 0.25) is 11.8 Å². The predicted molar refractivity (Wildman–Crippen MR) is 153 cm³/mol. The van der Waals surface area contributed by atoms with Crippen molar-refractivity contribution >= 4 is 27.5 Å². The third kappa shape index (κ3) is 7.81. The number of carbonyl (C=O) groups is 2. The van der Waals surface area contributed by atoms with E-state index in [1.165, 1.54) is 48.4 Å². The lowest BCUT2D eigenvalue weighted by Gasteiger charge is -2.32. The van der Waals surface area contributed by atoms with E-state index in [4.69, 9.17) is 4.74 Å². The van der Waals surface area contributed by atoms with E-state index in [0.717, 1.165) is 22.7 Å². The number of aryl methyl sites for hydroxylation is 1. The number of anilines is 1. The van der Waals surface area contributed by atoms with E-state index in [9.17, 15) is 22.4 Å². The van der Waals surface area contributed by atoms with Gasteiger partial charge in [-0.1, -0.05) is 43.2 Å². The summed E-state index contributed by atoms with van der Waals surface area (Å²) in [6.07, 6.45) is 1.67. The van der Waals surface area contributed by atoms with Crippen LogP contribution < -0.4 is 14.4 Å². The number of benzene rings is 3. The van der Waals surface area contributed by atoms with Gasteiger partial charge in [-0.15, -0.1) is 0 Å². The average molecular weight is 570 g/mol. The lowest BCUT2D eigenvalue weighted by atomic mass is 10.1. The summed E-state index contributed by atoms with van der Waals surface area (Å²) in [5.41, 5.74) is 1.75. The minimum Gasteiger partial charge on any atom is -0.497 e. The van der Waals surface area contributed by atoms with Crippen molar-refractivity contribution in [3.63, 3.8) is 0 Å². The highest BCUT2D eigenvalue weighted by molar-refractivity contribution is 7.92. The molecule has 0 radical (unpaired) electrons. The van der Waals surface area contributed by atoms with Gasteiger partial charge in [0.1, 0.15) is 24.2 Å². The molecular weight excluding hydrogens is 533 g/mol. The first kappa shape index (κ1) is 30.6. The summed E-state index contributed by atoms with van der Waals surface area (Å²) >= 11 is 0. The molecule has 0 unspecified atom stereocenters. The first-order chi connectivity index (χ1) is 19.1. The van der Waals surface area contributed by atoms with Gasteiger partial charge < -0.3 is 15.0 Å². The highest BCUT2D eigenvalue weighted by Crippen LogP contribution is 2.27. The highest BCUT2D eigenvalue weighted by atomic mass is 32.2. The van der Waals surface area contributed by atoms with Crippen LogP contribution in [-0.4, -0.2) is 51.4 Å². The number of sulfonamides is 1. The molecule has 0 saturated carbocycles. The summed E-state index contributed by atoms with van der Waals surface area (Å²) in [4.78, 5) is 28.2. The molecule has 0 fully saturated rings. The summed E-state index contributed by atoms with van der Waals surface area (Å²) in [6, 6.07) is 17.4. The SMILES string of the molecule is CCCCNC(=O)[C@H](C)N(Cc1ccc(F)cc1)C(=O)CN(c1ccc(OC)cc1)S(=O)(=O)c1ccc(C)cc1. The molecule has 3 aromatic carbocycles. The van der Waals surface area contributed by atoms with Crippen molar-refractivity contribution in [3.05, 3.63) is 89.7 Å². The van der Waals surface area contributed by atoms with Crippen molar-refractivity contribution in [2.45, 2.75) is 51.1 Å². The molecule has 8 nitrogen and oxygen atoms in total. The largest absolute Gasteiger partial charge is 0.497 e. The molecule has 3 rings (SSSR count). The normalized spacial score (nSPS) is 11.9. The molecule has 0 bridgehead atoms. The number of ether oxygens (including phenoxy) is 1. The van der Waals surface area contributed by atoms with Gasteiger partial charge in [0.25, 0.3) is 10.0 Å². The van der Waals surface area contributed by atoms with Crippen LogP contribution in [0.3, 0.4) is 0 Å². The van der Waals surface area contributed by atoms with Crippen LogP contribution >= 0.6 is 0 Å². The Bertz CT molecular complexity index is 1380. The maximum atomic E-state index is 13.9. The Morgan fingerprint density at radius 3 is 2.17 bits per heavy atom. The van der Waals surface area contributed by atoms with Crippen LogP contribution in [0, 0.1) is 12.7 Å². The molecule has 214 valence electrons. The Morgan fingerprint density at radius 2 is 1.60 bits per heavy atom. The number of amides is 2. The highest BCUT2D eigenvalue weighted by Gasteiger charge is 2.32. The second-order valence-corrected chi connectivity index (χ2v) is 11.4. The summed E-state index contributed by atoms with van der Waals surface area (Å²) in [5.74, 6) is -0.852. The van der Waals surface area contributed by atoms with Gasteiger partial charge >= 0.3 is 0 Å². The fraction of sp³-hybridized carbons (Fsp3) is 0.333. The third-order valence-electron chi connectivity index (χ3n) is 6.51. The first-order valence-electron chi connectivity index (χ1n) is 13.1. The molecule has 1 N–H and O–H groups in total. The fourth-order valence-electron chi connectivity index (χ4n) is 4.02. The van der Waals surface area contributed by atoms with E-state index < -0.39 is 34.3 Å². The fourth-order valence-corrected chi connectivity index (χ4v) is 5.43. The van der Waals surface area contributed by atoms with E-state index in [1.54, 1.807) is 43.3 Å². The Hall–Kier alpha value is -3.92. The molecule has 2 amide bonds. The van der Waals surface area contributed by atoms with Crippen molar-refractivity contribution in [2.75, 3.05) is 24.5 Å². The first-order valence-corrected chi connectivity index (χ1v) is 14.6. The second kappa shape index (κ2) is 13.9. The number of halogens is 1. The molecule has 0 aliphatic rings. The van der Waals surface area contributed by atoms with Crippen LogP contribution in [0.4, 0.5) is 10.1 Å². The number of methoxy groups -OCH3 is 1. The average Bonchev–Trinajstić information content (AvgIpc) is 2.95. The summed E-state index contributed by atoms with van der Waals surface area (Å²) in [7, 11) is -2.67. The lowest BCUT2D eigenvalue weighted by Crippen LogP contribution is -2.51. The van der Waals surface area contributed by atoms with Crippen molar-refractivity contribution in [1.29, 1.82) is 0 Å². The predicted octanol–water partition coefficient (Wildman–Crippen LogP) is 4.67. The zero-order valence-corrected chi connectivity index (χ0v) is 24.1. The van der Waals surface area contributed by atoms with Gasteiger partial charge in [-0.3, -0.25) is 13.9 Å². The quantitative estimate of drug-likeness (QED) is 0.302. The van der Waals surface area contributed by atoms with E-state index in [1.807, 2.05) is 13.8 Å². The molecule has 10 heteroatoms. The van der Waals surface area contributed by atoms with Crippen LogP contribution in [-0.2, 0) is 26.2 Å². The van der Waals surface area contributed by atoms with Gasteiger partial charge in [0.15, 0.2) is 0 Å². The van der Waals surface area contributed by atoms with Crippen LogP contribution in [0.1, 0.15) is 37.8 Å². The number of unbranched alkanes of at least 4 members (excludes halogenated alkanes) is 1. The molecule has 0 aliphatic carbocycles. The number of carbonyl (C=O) groups excluding carboxylic acids is 2. The number of hydrogen-bond donors (Lipinski definition) is 1. The second-order valence-electron chi connectivity index (χ2n) is 9.49. The van der Waals surface area contributed by atoms with Gasteiger partial charge in [-0.2, -0.15) is 0 Å². The summed E-state index contributed by atoms with van der Waals surface area (Å²) in [6.45, 7) is 5.33. The molecule has 0 aliphatic heterocycles. The molecule has 0 spiro atoms. The zero-order chi connectivity index (χ0) is 29.3. The monoisotopic (exact) mass is 569 g/mol. The lowest BCUT2D eigenvalue weighted by molar-refractivity contribution is -0.139. The van der Waals surface area contributed by atoms with Crippen molar-refractivity contribution in [2.24, 2.45) is 0 Å². The van der Waals surface area contributed by atoms with Crippen LogP contribution in [0.25, 0.3) is 0 Å². The Kier molecular flexibility index (Phi) is 10.7. The minimum atomic E-state index is -4.17. The Balaban J connectivity index is 1.99. The summed E-state index contributed by atoms with van der Waals surface area (Å²) < 4.78 is 47.5. The van der Waals surface area contributed by atoms with E-state index in [-0.39, 0.29) is 23.0 Å². The topological polar surface area (TPSA) is 96.0 Å². The van der Waals surface area contributed by atoms with E-state index >= 15 is 0 Å². The van der Waals surface area contributed by atoms with Crippen molar-refractivity contribution in [3.8, 4) is 5.75 Å². The molecular formula is C30H36FN3O5S. The third-order valence-corrected chi connectivity index (χ3v) is 8.30. The van der Waals surface area contributed by atoms with Crippen molar-refractivity contribution in [1.82, 2.24) is 10.2 Å². The standard InChI is InChI=1S/C30H36FN3O5S/c1-5-6-19-32-30(36)23(3)33(20-24-9-11-25(31)12-10-24)29(35)21-34(26-13-15-27(39-4)16-14-26)40(37,38)28-17-7-22(2)8-18-28/h7-18,23H,5-6,19-21H2,1-4H3,(H,32,36)/t23-/m0/s1. The molecule has 0 heterocycles. The maximum absolute atomic E-state index is 13.9. The number of rotatable bonds is 13. The molecule has 0 aromatic heterocycles. The zero-order valence-electron chi connectivity index (χ0n) is 23.3. The van der Waals surface area contributed by atoms with Crippen LogP contribution in [0.2, 0.25) is 0 Å². The van der Waals surface area contributed by atoms with E-state index in [0.29, 0.717) is 17.9 Å². The molecule has 1 atom stereocenters. The van der Waals surface area contributed by atoms with Gasteiger partial charge in [0, 0.05) is 13.1 Å². The number of nitrogens with zero attached hydrogens (tertiary/aromatic N) is 2. The van der Waals surface area contributed by atoms with Crippen molar-refractivity contribution < 1.29 is 27.1 Å². The van der Waals surface area contributed by atoms with Crippen LogP contribution in [0.15, 0.2) is 77.7 Å². The Morgan fingerprint density at radius 1 is 0.975 bits per heavy atom. The minimum absolute atomic E-state index is 0.0114.